The molecule has 0 spiro atoms. The van der Waals surface area contributed by atoms with E-state index >= 15 is 0 Å². The Bertz CT molecular complexity index is 216. The topological polar surface area (TPSA) is 52.6 Å². The van der Waals surface area contributed by atoms with Gasteiger partial charge in [0, 0.05) is 19.6 Å². The van der Waals surface area contributed by atoms with E-state index < -0.39 is 6.23 Å². The number of nitrogens with zero attached hydrogens (tertiary/aromatic N) is 1. The van der Waals surface area contributed by atoms with Gasteiger partial charge < -0.3 is 10.4 Å². The van der Waals surface area contributed by atoms with Crippen LogP contribution in [0, 0.1) is 5.92 Å². The molecule has 0 aromatic heterocycles. The van der Waals surface area contributed by atoms with Crippen LogP contribution in [0.2, 0.25) is 0 Å². The number of rotatable bonds is 10. The van der Waals surface area contributed by atoms with Gasteiger partial charge in [-0.05, 0) is 26.2 Å². The number of aliphatic hydroxyl groups is 1. The zero-order valence-electron chi connectivity index (χ0n) is 12.4. The van der Waals surface area contributed by atoms with Gasteiger partial charge in [0.25, 0.3) is 0 Å². The minimum absolute atomic E-state index is 0.0240. The van der Waals surface area contributed by atoms with Crippen LogP contribution in [0.3, 0.4) is 0 Å². The molecule has 18 heavy (non-hydrogen) atoms. The number of amides is 1. The van der Waals surface area contributed by atoms with Crippen LogP contribution in [0.5, 0.6) is 0 Å². The third-order valence-corrected chi connectivity index (χ3v) is 3.04. The minimum atomic E-state index is -0.656. The highest BCUT2D eigenvalue weighted by Gasteiger charge is 2.29. The van der Waals surface area contributed by atoms with Gasteiger partial charge in [-0.3, -0.25) is 9.69 Å². The van der Waals surface area contributed by atoms with E-state index in [1.54, 1.807) is 0 Å². The first kappa shape index (κ1) is 17.4. The Morgan fingerprint density at radius 3 is 2.06 bits per heavy atom. The number of hydrogen-bond donors (Lipinski definition) is 2. The molecular weight excluding hydrogens is 228 g/mol. The predicted octanol–water partition coefficient (Wildman–Crippen LogP) is 1.98. The SMILES string of the molecule is CCCC(C(=O)NCC)C(O)N(CCC)CCC. The molecule has 2 atom stereocenters. The number of nitrogens with one attached hydrogen (secondary N) is 1. The lowest BCUT2D eigenvalue weighted by molar-refractivity contribution is -0.135. The second kappa shape index (κ2) is 10.3. The molecule has 0 aliphatic rings. The minimum Gasteiger partial charge on any atom is -0.378 e. The van der Waals surface area contributed by atoms with Crippen molar-refractivity contribution in [3.63, 3.8) is 0 Å². The summed E-state index contributed by atoms with van der Waals surface area (Å²) < 4.78 is 0. The summed E-state index contributed by atoms with van der Waals surface area (Å²) in [5, 5.41) is 13.2. The van der Waals surface area contributed by atoms with Crippen LogP contribution in [0.25, 0.3) is 0 Å². The Balaban J connectivity index is 4.67. The van der Waals surface area contributed by atoms with Crippen molar-refractivity contribution in [2.45, 2.75) is 59.6 Å². The van der Waals surface area contributed by atoms with Gasteiger partial charge in [0.05, 0.1) is 5.92 Å². The van der Waals surface area contributed by atoms with Crippen LogP contribution in [-0.2, 0) is 4.79 Å². The van der Waals surface area contributed by atoms with Gasteiger partial charge in [-0.25, -0.2) is 0 Å². The van der Waals surface area contributed by atoms with Crippen molar-refractivity contribution in [1.82, 2.24) is 10.2 Å². The first-order valence-electron chi connectivity index (χ1n) is 7.32. The highest BCUT2D eigenvalue weighted by atomic mass is 16.3. The van der Waals surface area contributed by atoms with E-state index in [1.165, 1.54) is 0 Å². The molecule has 0 aromatic carbocycles. The maximum Gasteiger partial charge on any atom is 0.227 e. The van der Waals surface area contributed by atoms with E-state index in [0.717, 1.165) is 38.8 Å². The van der Waals surface area contributed by atoms with Gasteiger partial charge in [0.15, 0.2) is 0 Å². The number of aliphatic hydroxyl groups excluding tert-OH is 1. The fourth-order valence-corrected chi connectivity index (χ4v) is 2.24. The van der Waals surface area contributed by atoms with Gasteiger partial charge in [-0.1, -0.05) is 27.2 Å². The predicted molar refractivity (Wildman–Crippen MR) is 75.2 cm³/mol. The summed E-state index contributed by atoms with van der Waals surface area (Å²) in [5.74, 6) is -0.336. The molecule has 4 nitrogen and oxygen atoms in total. The molecule has 1 amide bonds. The molecule has 0 bridgehead atoms. The number of hydrogen-bond acceptors (Lipinski definition) is 3. The van der Waals surface area contributed by atoms with Crippen LogP contribution in [0.1, 0.15) is 53.4 Å². The van der Waals surface area contributed by atoms with E-state index in [9.17, 15) is 9.90 Å². The molecule has 2 unspecified atom stereocenters. The van der Waals surface area contributed by atoms with Crippen LogP contribution < -0.4 is 5.32 Å². The first-order valence-corrected chi connectivity index (χ1v) is 7.32. The quantitative estimate of drug-likeness (QED) is 0.589. The fraction of sp³-hybridized carbons (Fsp3) is 0.929. The molecule has 0 saturated heterocycles. The van der Waals surface area contributed by atoms with E-state index in [0.29, 0.717) is 6.54 Å². The first-order chi connectivity index (χ1) is 8.62. The Labute approximate surface area is 112 Å². The van der Waals surface area contributed by atoms with Crippen LogP contribution in [0.4, 0.5) is 0 Å². The van der Waals surface area contributed by atoms with Crippen LogP contribution in [-0.4, -0.2) is 41.8 Å². The summed E-state index contributed by atoms with van der Waals surface area (Å²) in [4.78, 5) is 14.0. The molecule has 0 aliphatic heterocycles. The summed E-state index contributed by atoms with van der Waals surface area (Å²) in [7, 11) is 0. The summed E-state index contributed by atoms with van der Waals surface area (Å²) >= 11 is 0. The number of carbonyl (C=O) groups excluding carboxylic acids is 1. The van der Waals surface area contributed by atoms with Crippen molar-refractivity contribution in [2.75, 3.05) is 19.6 Å². The second-order valence-electron chi connectivity index (χ2n) is 4.74. The summed E-state index contributed by atoms with van der Waals surface area (Å²) in [6.45, 7) is 10.4. The lowest BCUT2D eigenvalue weighted by atomic mass is 9.99. The molecule has 0 aliphatic carbocycles. The van der Waals surface area contributed by atoms with Crippen LogP contribution >= 0.6 is 0 Å². The van der Waals surface area contributed by atoms with Gasteiger partial charge >= 0.3 is 0 Å². The average Bonchev–Trinajstić information content (AvgIpc) is 2.35. The Morgan fingerprint density at radius 2 is 1.67 bits per heavy atom. The lowest BCUT2D eigenvalue weighted by Crippen LogP contribution is -2.47. The number of carbonyl (C=O) groups is 1. The normalized spacial score (nSPS) is 14.6. The Hall–Kier alpha value is -0.610. The molecule has 108 valence electrons. The molecule has 0 rings (SSSR count). The van der Waals surface area contributed by atoms with Crippen molar-refractivity contribution in [3.05, 3.63) is 0 Å². The highest BCUT2D eigenvalue weighted by Crippen LogP contribution is 2.16. The van der Waals surface area contributed by atoms with E-state index in [2.05, 4.69) is 19.2 Å². The molecule has 0 aromatic rings. The summed E-state index contributed by atoms with van der Waals surface area (Å²) in [5.41, 5.74) is 0. The van der Waals surface area contributed by atoms with Gasteiger partial charge in [-0.2, -0.15) is 0 Å². The van der Waals surface area contributed by atoms with Gasteiger partial charge in [0.2, 0.25) is 5.91 Å². The standard InChI is InChI=1S/C14H30N2O2/c1-5-9-12(13(17)15-8-4)14(18)16(10-6-2)11-7-3/h12,14,18H,5-11H2,1-4H3,(H,15,17). The largest absolute Gasteiger partial charge is 0.378 e. The maximum atomic E-state index is 12.0. The van der Waals surface area contributed by atoms with Gasteiger partial charge in [0.1, 0.15) is 6.23 Å². The van der Waals surface area contributed by atoms with Crippen molar-refractivity contribution in [3.8, 4) is 0 Å². The molecule has 0 radical (unpaired) electrons. The molecular formula is C14H30N2O2. The lowest BCUT2D eigenvalue weighted by Gasteiger charge is -2.32. The van der Waals surface area contributed by atoms with Crippen molar-refractivity contribution >= 4 is 5.91 Å². The summed E-state index contributed by atoms with van der Waals surface area (Å²) in [6.07, 6.45) is 2.97. The third kappa shape index (κ3) is 5.83. The monoisotopic (exact) mass is 258 g/mol. The Morgan fingerprint density at radius 1 is 1.11 bits per heavy atom. The van der Waals surface area contributed by atoms with Crippen LogP contribution in [0.15, 0.2) is 0 Å². The van der Waals surface area contributed by atoms with Crippen molar-refractivity contribution < 1.29 is 9.90 Å². The fourth-order valence-electron chi connectivity index (χ4n) is 2.24. The third-order valence-electron chi connectivity index (χ3n) is 3.04. The maximum absolute atomic E-state index is 12.0. The molecule has 0 saturated carbocycles. The van der Waals surface area contributed by atoms with E-state index in [-0.39, 0.29) is 11.8 Å². The van der Waals surface area contributed by atoms with E-state index in [1.807, 2.05) is 18.7 Å². The smallest absolute Gasteiger partial charge is 0.227 e. The zero-order chi connectivity index (χ0) is 14.0. The highest BCUT2D eigenvalue weighted by molar-refractivity contribution is 5.79. The van der Waals surface area contributed by atoms with Gasteiger partial charge in [-0.15, -0.1) is 0 Å². The molecule has 2 N–H and O–H groups in total. The Kier molecular flexibility index (Phi) is 9.98. The van der Waals surface area contributed by atoms with E-state index in [4.69, 9.17) is 0 Å². The average molecular weight is 258 g/mol. The molecule has 0 fully saturated rings. The molecule has 0 heterocycles. The second-order valence-corrected chi connectivity index (χ2v) is 4.74. The van der Waals surface area contributed by atoms with Crippen molar-refractivity contribution in [2.24, 2.45) is 5.92 Å². The molecule has 4 heteroatoms. The zero-order valence-corrected chi connectivity index (χ0v) is 12.4. The van der Waals surface area contributed by atoms with Crippen molar-refractivity contribution in [1.29, 1.82) is 0 Å². The summed E-state index contributed by atoms with van der Waals surface area (Å²) in [6, 6.07) is 0.